The predicted octanol–water partition coefficient (Wildman–Crippen LogP) is 0.831. The monoisotopic (exact) mass is 240 g/mol. The zero-order chi connectivity index (χ0) is 12.3. The van der Waals surface area contributed by atoms with Crippen LogP contribution in [0.1, 0.15) is 44.5 Å². The molecule has 1 saturated heterocycles. The maximum Gasteiger partial charge on any atom is 0.318 e. The van der Waals surface area contributed by atoms with Gasteiger partial charge in [0.1, 0.15) is 0 Å². The largest absolute Gasteiger partial charge is 0.406 e. The minimum Gasteiger partial charge on any atom is -0.406 e. The highest BCUT2D eigenvalue weighted by Crippen LogP contribution is 2.27. The molecule has 1 aliphatic rings. The summed E-state index contributed by atoms with van der Waals surface area (Å²) in [7, 11) is 0. The van der Waals surface area contributed by atoms with E-state index in [2.05, 4.69) is 15.1 Å². The van der Waals surface area contributed by atoms with Crippen LogP contribution >= 0.6 is 0 Å². The van der Waals surface area contributed by atoms with E-state index in [9.17, 15) is 0 Å². The molecule has 3 N–H and O–H groups in total. The number of hydrogen-bond donors (Lipinski definition) is 2. The summed E-state index contributed by atoms with van der Waals surface area (Å²) >= 11 is 0. The molecule has 1 aromatic heterocycles. The maximum absolute atomic E-state index is 8.87. The standard InChI is InChI=1S/C11H20N4O2/c1-8(12)10-13-14-11(17-10)15-6-2-4-9(15)5-3-7-16/h8-9,16H,2-7,12H2,1H3. The van der Waals surface area contributed by atoms with Crippen LogP contribution in [0.3, 0.4) is 0 Å². The van der Waals surface area contributed by atoms with Gasteiger partial charge in [0.15, 0.2) is 0 Å². The van der Waals surface area contributed by atoms with Crippen LogP contribution in [-0.4, -0.2) is 34.5 Å². The highest BCUT2D eigenvalue weighted by molar-refractivity contribution is 5.28. The predicted molar refractivity (Wildman–Crippen MR) is 63.6 cm³/mol. The van der Waals surface area contributed by atoms with Gasteiger partial charge in [-0.2, -0.15) is 0 Å². The number of aromatic nitrogens is 2. The van der Waals surface area contributed by atoms with Crippen LogP contribution in [0.4, 0.5) is 6.01 Å². The van der Waals surface area contributed by atoms with Crippen LogP contribution < -0.4 is 10.6 Å². The Hall–Kier alpha value is -1.14. The molecule has 96 valence electrons. The van der Waals surface area contributed by atoms with E-state index in [1.165, 1.54) is 0 Å². The molecule has 0 aliphatic carbocycles. The Labute approximate surface area is 101 Å². The van der Waals surface area contributed by atoms with Crippen LogP contribution in [0, 0.1) is 0 Å². The van der Waals surface area contributed by atoms with Gasteiger partial charge in [0.2, 0.25) is 5.89 Å². The fourth-order valence-corrected chi connectivity index (χ4v) is 2.24. The Morgan fingerprint density at radius 1 is 1.59 bits per heavy atom. The van der Waals surface area contributed by atoms with Gasteiger partial charge >= 0.3 is 6.01 Å². The van der Waals surface area contributed by atoms with Crippen LogP contribution in [0.15, 0.2) is 4.42 Å². The number of nitrogens with zero attached hydrogens (tertiary/aromatic N) is 3. The molecule has 1 aromatic rings. The Kier molecular flexibility index (Phi) is 3.96. The smallest absolute Gasteiger partial charge is 0.318 e. The minimum atomic E-state index is -0.227. The topological polar surface area (TPSA) is 88.4 Å². The molecular formula is C11H20N4O2. The molecule has 1 aliphatic heterocycles. The lowest BCUT2D eigenvalue weighted by Crippen LogP contribution is -2.29. The van der Waals surface area contributed by atoms with Crippen LogP contribution in [0.2, 0.25) is 0 Å². The van der Waals surface area contributed by atoms with Crippen LogP contribution in [0.25, 0.3) is 0 Å². The second-order valence-electron chi connectivity index (χ2n) is 4.57. The lowest BCUT2D eigenvalue weighted by molar-refractivity contribution is 0.279. The summed E-state index contributed by atoms with van der Waals surface area (Å²) in [6.45, 7) is 3.00. The van der Waals surface area contributed by atoms with Gasteiger partial charge in [-0.1, -0.05) is 5.10 Å². The van der Waals surface area contributed by atoms with E-state index in [1.54, 1.807) is 0 Å². The molecule has 0 radical (unpaired) electrons. The van der Waals surface area contributed by atoms with Crippen molar-refractivity contribution in [1.82, 2.24) is 10.2 Å². The summed E-state index contributed by atoms with van der Waals surface area (Å²) in [4.78, 5) is 2.13. The van der Waals surface area contributed by atoms with E-state index in [-0.39, 0.29) is 12.6 Å². The highest BCUT2D eigenvalue weighted by Gasteiger charge is 2.28. The SMILES string of the molecule is CC(N)c1nnc(N2CCCC2CCCO)o1. The van der Waals surface area contributed by atoms with Gasteiger partial charge in [0.25, 0.3) is 0 Å². The zero-order valence-corrected chi connectivity index (χ0v) is 10.2. The van der Waals surface area contributed by atoms with Crippen molar-refractivity contribution in [1.29, 1.82) is 0 Å². The molecule has 0 saturated carbocycles. The first kappa shape index (κ1) is 12.3. The number of hydrogen-bond acceptors (Lipinski definition) is 6. The van der Waals surface area contributed by atoms with Crippen molar-refractivity contribution >= 4 is 6.01 Å². The van der Waals surface area contributed by atoms with Crippen molar-refractivity contribution in [3.05, 3.63) is 5.89 Å². The van der Waals surface area contributed by atoms with Gasteiger partial charge in [-0.25, -0.2) is 0 Å². The molecule has 0 aromatic carbocycles. The molecule has 2 heterocycles. The zero-order valence-electron chi connectivity index (χ0n) is 10.2. The first-order chi connectivity index (χ1) is 8.22. The summed E-state index contributed by atoms with van der Waals surface area (Å²) < 4.78 is 5.56. The van der Waals surface area contributed by atoms with Crippen molar-refractivity contribution in [2.24, 2.45) is 5.73 Å². The second-order valence-corrected chi connectivity index (χ2v) is 4.57. The molecule has 2 atom stereocenters. The molecule has 6 nitrogen and oxygen atoms in total. The number of aliphatic hydroxyl groups excluding tert-OH is 1. The fourth-order valence-electron chi connectivity index (χ4n) is 2.24. The van der Waals surface area contributed by atoms with E-state index in [4.69, 9.17) is 15.3 Å². The second kappa shape index (κ2) is 5.46. The first-order valence-electron chi connectivity index (χ1n) is 6.19. The Balaban J connectivity index is 2.03. The Morgan fingerprint density at radius 2 is 2.41 bits per heavy atom. The molecule has 1 fully saturated rings. The molecule has 2 rings (SSSR count). The number of rotatable bonds is 5. The summed E-state index contributed by atoms with van der Waals surface area (Å²) in [6.07, 6.45) is 4.03. The van der Waals surface area contributed by atoms with E-state index in [0.29, 0.717) is 17.9 Å². The Bertz CT molecular complexity index is 353. The van der Waals surface area contributed by atoms with Gasteiger partial charge in [-0.05, 0) is 32.6 Å². The van der Waals surface area contributed by atoms with Crippen LogP contribution in [0.5, 0.6) is 0 Å². The molecule has 17 heavy (non-hydrogen) atoms. The van der Waals surface area contributed by atoms with Crippen molar-refractivity contribution in [2.45, 2.75) is 44.7 Å². The van der Waals surface area contributed by atoms with E-state index in [0.717, 1.165) is 32.2 Å². The van der Waals surface area contributed by atoms with Gasteiger partial charge in [-0.3, -0.25) is 0 Å². The number of anilines is 1. The summed E-state index contributed by atoms with van der Waals surface area (Å²) in [5.41, 5.74) is 5.69. The van der Waals surface area contributed by atoms with E-state index < -0.39 is 0 Å². The van der Waals surface area contributed by atoms with Crippen LogP contribution in [-0.2, 0) is 0 Å². The minimum absolute atomic E-state index is 0.227. The summed E-state index contributed by atoms with van der Waals surface area (Å²) in [6, 6.07) is 0.746. The normalized spacial score (nSPS) is 22.1. The fraction of sp³-hybridized carbons (Fsp3) is 0.818. The quantitative estimate of drug-likeness (QED) is 0.792. The molecular weight excluding hydrogens is 220 g/mol. The average molecular weight is 240 g/mol. The lowest BCUT2D eigenvalue weighted by Gasteiger charge is -2.21. The molecule has 0 spiro atoms. The molecule has 0 amide bonds. The van der Waals surface area contributed by atoms with Gasteiger partial charge in [0, 0.05) is 19.2 Å². The number of aliphatic hydroxyl groups is 1. The molecule has 6 heteroatoms. The summed E-state index contributed by atoms with van der Waals surface area (Å²) in [5, 5.41) is 16.9. The van der Waals surface area contributed by atoms with Crippen molar-refractivity contribution < 1.29 is 9.52 Å². The van der Waals surface area contributed by atoms with Crippen molar-refractivity contribution in [3.63, 3.8) is 0 Å². The van der Waals surface area contributed by atoms with E-state index >= 15 is 0 Å². The molecule has 2 unspecified atom stereocenters. The van der Waals surface area contributed by atoms with Gasteiger partial charge in [-0.15, -0.1) is 5.10 Å². The third-order valence-corrected chi connectivity index (χ3v) is 3.14. The average Bonchev–Trinajstić information content (AvgIpc) is 2.94. The Morgan fingerprint density at radius 3 is 3.06 bits per heavy atom. The summed E-state index contributed by atoms with van der Waals surface area (Å²) in [5.74, 6) is 0.479. The van der Waals surface area contributed by atoms with E-state index in [1.807, 2.05) is 6.92 Å². The maximum atomic E-state index is 8.87. The van der Waals surface area contributed by atoms with Crippen molar-refractivity contribution in [3.8, 4) is 0 Å². The van der Waals surface area contributed by atoms with Gasteiger partial charge < -0.3 is 20.2 Å². The van der Waals surface area contributed by atoms with Gasteiger partial charge in [0.05, 0.1) is 6.04 Å². The third-order valence-electron chi connectivity index (χ3n) is 3.14. The molecule has 0 bridgehead atoms. The third kappa shape index (κ3) is 2.76. The number of nitrogens with two attached hydrogens (primary N) is 1. The highest BCUT2D eigenvalue weighted by atomic mass is 16.4. The van der Waals surface area contributed by atoms with Crippen molar-refractivity contribution in [2.75, 3.05) is 18.1 Å². The first-order valence-corrected chi connectivity index (χ1v) is 6.19. The lowest BCUT2D eigenvalue weighted by atomic mass is 10.1.